The van der Waals surface area contributed by atoms with Crippen LogP contribution in [0.1, 0.15) is 27.2 Å². The van der Waals surface area contributed by atoms with Crippen LogP contribution >= 0.6 is 0 Å². The Morgan fingerprint density at radius 2 is 1.71 bits per heavy atom. The van der Waals surface area contributed by atoms with Gasteiger partial charge >= 0.3 is 0 Å². The zero-order chi connectivity index (χ0) is 15.2. The van der Waals surface area contributed by atoms with Gasteiger partial charge in [0.15, 0.2) is 0 Å². The fourth-order valence-corrected chi connectivity index (χ4v) is 3.24. The van der Waals surface area contributed by atoms with Crippen molar-refractivity contribution >= 4 is 5.91 Å². The molecule has 1 atom stereocenters. The molecule has 0 unspecified atom stereocenters. The van der Waals surface area contributed by atoms with Crippen LogP contribution in [0.2, 0.25) is 0 Å². The van der Waals surface area contributed by atoms with E-state index in [4.69, 9.17) is 4.74 Å². The molecule has 1 amide bonds. The van der Waals surface area contributed by atoms with E-state index in [2.05, 4.69) is 35.5 Å². The van der Waals surface area contributed by atoms with Gasteiger partial charge in [0, 0.05) is 57.8 Å². The smallest absolute Gasteiger partial charge is 0.226 e. The molecule has 0 aliphatic carbocycles. The number of ether oxygens (including phenoxy) is 1. The molecule has 0 radical (unpaired) electrons. The van der Waals surface area contributed by atoms with Gasteiger partial charge in [0.05, 0.1) is 13.2 Å². The summed E-state index contributed by atoms with van der Waals surface area (Å²) in [5.74, 6) is 0.417. The molecular weight excluding hydrogens is 266 g/mol. The van der Waals surface area contributed by atoms with Crippen molar-refractivity contribution in [2.45, 2.75) is 33.2 Å². The highest BCUT2D eigenvalue weighted by atomic mass is 16.5. The molecule has 2 heterocycles. The van der Waals surface area contributed by atoms with Crippen molar-refractivity contribution in [2.24, 2.45) is 5.92 Å². The van der Waals surface area contributed by atoms with Crippen LogP contribution in [0, 0.1) is 5.92 Å². The lowest BCUT2D eigenvalue weighted by Crippen LogP contribution is -2.45. The van der Waals surface area contributed by atoms with Crippen molar-refractivity contribution in [1.29, 1.82) is 0 Å². The summed E-state index contributed by atoms with van der Waals surface area (Å²) in [4.78, 5) is 19.6. The molecule has 2 fully saturated rings. The van der Waals surface area contributed by atoms with Gasteiger partial charge in [0.25, 0.3) is 0 Å². The Bertz CT molecular complexity index is 329. The fraction of sp³-hybridized carbons (Fsp3) is 0.938. The summed E-state index contributed by atoms with van der Waals surface area (Å²) in [5.41, 5.74) is 0. The van der Waals surface area contributed by atoms with E-state index >= 15 is 0 Å². The molecule has 0 aromatic carbocycles. The maximum Gasteiger partial charge on any atom is 0.226 e. The minimum Gasteiger partial charge on any atom is -0.379 e. The lowest BCUT2D eigenvalue weighted by atomic mass is 10.1. The van der Waals surface area contributed by atoms with Gasteiger partial charge in [0.1, 0.15) is 0 Å². The van der Waals surface area contributed by atoms with Crippen molar-refractivity contribution in [2.75, 3.05) is 59.0 Å². The normalized spacial score (nSPS) is 24.1. The minimum atomic E-state index is 0.0914. The summed E-state index contributed by atoms with van der Waals surface area (Å²) in [7, 11) is 0. The van der Waals surface area contributed by atoms with Crippen LogP contribution in [0.4, 0.5) is 0 Å². The maximum atomic E-state index is 12.7. The highest BCUT2D eigenvalue weighted by molar-refractivity contribution is 5.78. The number of carbonyl (C=O) groups excluding carboxylic acids is 1. The number of amides is 1. The number of rotatable bonds is 4. The predicted octanol–water partition coefficient (Wildman–Crippen LogP) is 0.897. The van der Waals surface area contributed by atoms with E-state index in [0.29, 0.717) is 11.9 Å². The van der Waals surface area contributed by atoms with Crippen molar-refractivity contribution in [3.63, 3.8) is 0 Å². The second-order valence-corrected chi connectivity index (χ2v) is 6.62. The topological polar surface area (TPSA) is 36.0 Å². The average molecular weight is 297 g/mol. The maximum absolute atomic E-state index is 12.7. The van der Waals surface area contributed by atoms with Crippen molar-refractivity contribution in [1.82, 2.24) is 14.7 Å². The summed E-state index contributed by atoms with van der Waals surface area (Å²) in [5, 5.41) is 0. The second-order valence-electron chi connectivity index (χ2n) is 6.62. The molecule has 0 N–H and O–H groups in total. The molecule has 0 aromatic heterocycles. The van der Waals surface area contributed by atoms with Crippen LogP contribution in [0.25, 0.3) is 0 Å². The molecule has 0 aromatic rings. The monoisotopic (exact) mass is 297 g/mol. The van der Waals surface area contributed by atoms with Crippen molar-refractivity contribution in [3.05, 3.63) is 0 Å². The van der Waals surface area contributed by atoms with E-state index in [9.17, 15) is 4.79 Å². The van der Waals surface area contributed by atoms with Crippen LogP contribution in [0.5, 0.6) is 0 Å². The average Bonchev–Trinajstić information content (AvgIpc) is 2.73. The molecule has 0 bridgehead atoms. The van der Waals surface area contributed by atoms with Gasteiger partial charge in [-0.15, -0.1) is 0 Å². The van der Waals surface area contributed by atoms with E-state index in [0.717, 1.165) is 65.4 Å². The second kappa shape index (κ2) is 8.11. The Labute approximate surface area is 129 Å². The number of nitrogens with zero attached hydrogens (tertiary/aromatic N) is 3. The van der Waals surface area contributed by atoms with Gasteiger partial charge in [-0.1, -0.05) is 6.92 Å². The Kier molecular flexibility index (Phi) is 6.45. The van der Waals surface area contributed by atoms with Gasteiger partial charge in [-0.2, -0.15) is 0 Å². The third kappa shape index (κ3) is 4.94. The first-order valence-corrected chi connectivity index (χ1v) is 8.41. The third-order valence-corrected chi connectivity index (χ3v) is 4.63. The zero-order valence-corrected chi connectivity index (χ0v) is 13.9. The van der Waals surface area contributed by atoms with E-state index in [1.807, 2.05) is 0 Å². The van der Waals surface area contributed by atoms with Crippen LogP contribution < -0.4 is 0 Å². The number of morpholine rings is 1. The zero-order valence-electron chi connectivity index (χ0n) is 13.9. The highest BCUT2D eigenvalue weighted by Gasteiger charge is 2.25. The number of hydrogen-bond donors (Lipinski definition) is 0. The van der Waals surface area contributed by atoms with Crippen LogP contribution in [-0.2, 0) is 9.53 Å². The first kappa shape index (κ1) is 16.7. The first-order chi connectivity index (χ1) is 10.1. The van der Waals surface area contributed by atoms with Gasteiger partial charge < -0.3 is 9.64 Å². The lowest BCUT2D eigenvalue weighted by molar-refractivity contribution is -0.135. The van der Waals surface area contributed by atoms with Gasteiger partial charge in [-0.25, -0.2) is 0 Å². The van der Waals surface area contributed by atoms with Crippen LogP contribution in [0.15, 0.2) is 0 Å². The molecule has 2 aliphatic rings. The van der Waals surface area contributed by atoms with E-state index in [-0.39, 0.29) is 5.92 Å². The van der Waals surface area contributed by atoms with Crippen molar-refractivity contribution < 1.29 is 9.53 Å². The lowest BCUT2D eigenvalue weighted by Gasteiger charge is -2.31. The highest BCUT2D eigenvalue weighted by Crippen LogP contribution is 2.12. The molecule has 2 aliphatic heterocycles. The van der Waals surface area contributed by atoms with E-state index in [1.54, 1.807) is 0 Å². The quantitative estimate of drug-likeness (QED) is 0.772. The summed E-state index contributed by atoms with van der Waals surface area (Å²) < 4.78 is 5.37. The Hall–Kier alpha value is -0.650. The molecule has 5 heteroatoms. The fourth-order valence-electron chi connectivity index (χ4n) is 3.24. The molecular formula is C16H31N3O2. The summed E-state index contributed by atoms with van der Waals surface area (Å²) in [6.07, 6.45) is 1.09. The van der Waals surface area contributed by atoms with Crippen LogP contribution in [0.3, 0.4) is 0 Å². The summed E-state index contributed by atoms with van der Waals surface area (Å²) in [6.45, 7) is 14.8. The molecule has 21 heavy (non-hydrogen) atoms. The molecule has 0 spiro atoms. The summed E-state index contributed by atoms with van der Waals surface area (Å²) in [6, 6.07) is 0.575. The molecule has 122 valence electrons. The van der Waals surface area contributed by atoms with E-state index in [1.165, 1.54) is 0 Å². The molecule has 5 nitrogen and oxygen atoms in total. The summed E-state index contributed by atoms with van der Waals surface area (Å²) >= 11 is 0. The van der Waals surface area contributed by atoms with E-state index < -0.39 is 0 Å². The van der Waals surface area contributed by atoms with Crippen LogP contribution in [-0.4, -0.2) is 85.7 Å². The Morgan fingerprint density at radius 3 is 2.38 bits per heavy atom. The SMILES string of the molecule is CC(C)N1CCCN(C(=O)[C@H](C)CN2CCOCC2)CC1. The Morgan fingerprint density at radius 1 is 1.00 bits per heavy atom. The standard InChI is InChI=1S/C16H31N3O2/c1-14(2)18-5-4-6-19(8-7-18)16(20)15(3)13-17-9-11-21-12-10-17/h14-15H,4-13H2,1-3H3/t15-/m1/s1. The molecule has 2 saturated heterocycles. The minimum absolute atomic E-state index is 0.0914. The number of carbonyl (C=O) groups is 1. The predicted molar refractivity (Wildman–Crippen MR) is 84.3 cm³/mol. The Balaban J connectivity index is 1.81. The molecule has 0 saturated carbocycles. The number of hydrogen-bond acceptors (Lipinski definition) is 4. The van der Waals surface area contributed by atoms with Crippen molar-refractivity contribution in [3.8, 4) is 0 Å². The largest absolute Gasteiger partial charge is 0.379 e. The van der Waals surface area contributed by atoms with Gasteiger partial charge in [0.2, 0.25) is 5.91 Å². The van der Waals surface area contributed by atoms with Gasteiger partial charge in [-0.3, -0.25) is 14.6 Å². The first-order valence-electron chi connectivity index (χ1n) is 8.41. The third-order valence-electron chi connectivity index (χ3n) is 4.63. The molecule has 2 rings (SSSR count). The van der Waals surface area contributed by atoms with Gasteiger partial charge in [-0.05, 0) is 20.3 Å².